The quantitative estimate of drug-likeness (QED) is 0.402. The fourth-order valence-corrected chi connectivity index (χ4v) is 4.24. The molecule has 0 radical (unpaired) electrons. The molecule has 8 heteroatoms. The molecule has 0 fully saturated rings. The molecule has 0 aliphatic rings. The Morgan fingerprint density at radius 2 is 1.76 bits per heavy atom. The van der Waals surface area contributed by atoms with Crippen LogP contribution in [-0.2, 0) is 10.0 Å². The minimum absolute atomic E-state index is 0.196. The number of nitrogens with one attached hydrogen (secondary N) is 2. The van der Waals surface area contributed by atoms with E-state index in [0.29, 0.717) is 22.6 Å². The van der Waals surface area contributed by atoms with Gasteiger partial charge in [-0.2, -0.15) is 0 Å². The summed E-state index contributed by atoms with van der Waals surface area (Å²) in [5.41, 5.74) is 3.28. The second-order valence-electron chi connectivity index (χ2n) is 7.73. The van der Waals surface area contributed by atoms with E-state index >= 15 is 0 Å². The number of hydrogen-bond acceptors (Lipinski definition) is 5. The Hall–Kier alpha value is -3.78. The topological polar surface area (TPSA) is 97.6 Å². The lowest BCUT2D eigenvalue weighted by atomic mass is 10.0. The third-order valence-electron chi connectivity index (χ3n) is 5.20. The first-order chi connectivity index (χ1) is 15.7. The highest BCUT2D eigenvalue weighted by Gasteiger charge is 2.24. The van der Waals surface area contributed by atoms with Crippen LogP contribution < -0.4 is 14.8 Å². The van der Waals surface area contributed by atoms with Gasteiger partial charge in [0.15, 0.2) is 0 Å². The van der Waals surface area contributed by atoms with Crippen LogP contribution in [0.25, 0.3) is 22.1 Å². The fraction of sp³-hybridized carbons (Fsp3) is 0.160. The van der Waals surface area contributed by atoms with Crippen molar-refractivity contribution in [1.29, 1.82) is 0 Å². The number of ether oxygens (including phenoxy) is 1. The van der Waals surface area contributed by atoms with E-state index in [0.717, 1.165) is 22.8 Å². The Bertz CT molecular complexity index is 1410. The van der Waals surface area contributed by atoms with Crippen molar-refractivity contribution < 1.29 is 22.4 Å². The lowest BCUT2D eigenvalue weighted by molar-refractivity contribution is 0.0915. The first-order valence-corrected chi connectivity index (χ1v) is 12.2. The summed E-state index contributed by atoms with van der Waals surface area (Å²) in [5.74, 6) is 0.450. The van der Waals surface area contributed by atoms with Crippen LogP contribution in [-0.4, -0.2) is 27.7 Å². The van der Waals surface area contributed by atoms with Gasteiger partial charge in [-0.15, -0.1) is 0 Å². The molecule has 1 unspecified atom stereocenters. The number of rotatable bonds is 7. The molecular formula is C25H24N2O5S. The number of furan rings is 1. The highest BCUT2D eigenvalue weighted by molar-refractivity contribution is 7.92. The summed E-state index contributed by atoms with van der Waals surface area (Å²) < 4.78 is 36.8. The molecule has 1 amide bonds. The Morgan fingerprint density at radius 1 is 1.00 bits per heavy atom. The first kappa shape index (κ1) is 22.4. The first-order valence-electron chi connectivity index (χ1n) is 10.3. The van der Waals surface area contributed by atoms with Crippen LogP contribution >= 0.6 is 0 Å². The second kappa shape index (κ2) is 8.99. The van der Waals surface area contributed by atoms with Crippen molar-refractivity contribution in [1.82, 2.24) is 5.32 Å². The summed E-state index contributed by atoms with van der Waals surface area (Å²) in [6, 6.07) is 21.5. The van der Waals surface area contributed by atoms with E-state index < -0.39 is 16.1 Å². The number of carbonyl (C=O) groups is 1. The van der Waals surface area contributed by atoms with Gasteiger partial charge in [-0.3, -0.25) is 9.52 Å². The molecule has 2 N–H and O–H groups in total. The van der Waals surface area contributed by atoms with Gasteiger partial charge < -0.3 is 14.5 Å². The summed E-state index contributed by atoms with van der Waals surface area (Å²) >= 11 is 0. The van der Waals surface area contributed by atoms with Gasteiger partial charge in [0.2, 0.25) is 15.8 Å². The predicted octanol–water partition coefficient (Wildman–Crippen LogP) is 4.97. The maximum atomic E-state index is 13.3. The minimum Gasteiger partial charge on any atom is -0.497 e. The van der Waals surface area contributed by atoms with Gasteiger partial charge in [0.25, 0.3) is 5.91 Å². The van der Waals surface area contributed by atoms with Crippen LogP contribution in [0.3, 0.4) is 0 Å². The van der Waals surface area contributed by atoms with Crippen molar-refractivity contribution in [3.8, 4) is 16.9 Å². The third-order valence-corrected chi connectivity index (χ3v) is 5.81. The standard InChI is InChI=1S/C25H24N2O5S/c1-16(18-10-7-11-19(14-18)27-33(3,29)30)26-25(28)24-23(17-8-5-4-6-9-17)21-13-12-20(31-2)15-22(21)32-24/h4-16,27H,1-3H3,(H,26,28). The molecular weight excluding hydrogens is 440 g/mol. The van der Waals surface area contributed by atoms with E-state index in [-0.39, 0.29) is 11.7 Å². The van der Waals surface area contributed by atoms with Crippen molar-refractivity contribution in [2.45, 2.75) is 13.0 Å². The molecule has 1 aromatic heterocycles. The maximum Gasteiger partial charge on any atom is 0.288 e. The van der Waals surface area contributed by atoms with E-state index in [4.69, 9.17) is 9.15 Å². The fourth-order valence-electron chi connectivity index (χ4n) is 3.69. The highest BCUT2D eigenvalue weighted by Crippen LogP contribution is 2.36. The zero-order valence-electron chi connectivity index (χ0n) is 18.5. The number of anilines is 1. The predicted molar refractivity (Wildman–Crippen MR) is 129 cm³/mol. The van der Waals surface area contributed by atoms with Crippen molar-refractivity contribution in [2.75, 3.05) is 18.1 Å². The molecule has 33 heavy (non-hydrogen) atoms. The smallest absolute Gasteiger partial charge is 0.288 e. The second-order valence-corrected chi connectivity index (χ2v) is 9.48. The van der Waals surface area contributed by atoms with E-state index in [1.807, 2.05) is 55.5 Å². The number of hydrogen-bond donors (Lipinski definition) is 2. The lowest BCUT2D eigenvalue weighted by Gasteiger charge is -2.15. The number of fused-ring (bicyclic) bond motifs is 1. The molecule has 3 aromatic carbocycles. The zero-order chi connectivity index (χ0) is 23.6. The average molecular weight is 465 g/mol. The van der Waals surface area contributed by atoms with Crippen LogP contribution in [0.1, 0.15) is 29.1 Å². The van der Waals surface area contributed by atoms with Gasteiger partial charge in [-0.25, -0.2) is 8.42 Å². The van der Waals surface area contributed by atoms with Crippen LogP contribution in [0.15, 0.2) is 77.2 Å². The molecule has 1 heterocycles. The molecule has 0 saturated carbocycles. The van der Waals surface area contributed by atoms with E-state index in [2.05, 4.69) is 10.0 Å². The highest BCUT2D eigenvalue weighted by atomic mass is 32.2. The Kier molecular flexibility index (Phi) is 6.11. The van der Waals surface area contributed by atoms with Gasteiger partial charge in [0.1, 0.15) is 11.3 Å². The average Bonchev–Trinajstić information content (AvgIpc) is 3.17. The summed E-state index contributed by atoms with van der Waals surface area (Å²) in [6.07, 6.45) is 1.09. The van der Waals surface area contributed by atoms with Gasteiger partial charge in [0.05, 0.1) is 19.4 Å². The molecule has 4 aromatic rings. The van der Waals surface area contributed by atoms with Gasteiger partial charge in [-0.1, -0.05) is 42.5 Å². The number of benzene rings is 3. The van der Waals surface area contributed by atoms with Crippen molar-refractivity contribution in [3.63, 3.8) is 0 Å². The summed E-state index contributed by atoms with van der Waals surface area (Å²) in [5, 5.41) is 3.77. The zero-order valence-corrected chi connectivity index (χ0v) is 19.3. The minimum atomic E-state index is -3.41. The largest absolute Gasteiger partial charge is 0.497 e. The van der Waals surface area contributed by atoms with Crippen LogP contribution in [0.5, 0.6) is 5.75 Å². The molecule has 0 aliphatic carbocycles. The van der Waals surface area contributed by atoms with Gasteiger partial charge in [-0.05, 0) is 42.3 Å². The van der Waals surface area contributed by atoms with Crippen molar-refractivity contribution >= 4 is 32.6 Å². The normalized spacial score (nSPS) is 12.3. The van der Waals surface area contributed by atoms with E-state index in [9.17, 15) is 13.2 Å². The van der Waals surface area contributed by atoms with Gasteiger partial charge >= 0.3 is 0 Å². The molecule has 170 valence electrons. The third kappa shape index (κ3) is 5.01. The molecule has 7 nitrogen and oxygen atoms in total. The van der Waals surface area contributed by atoms with Crippen molar-refractivity contribution in [2.24, 2.45) is 0 Å². The van der Waals surface area contributed by atoms with E-state index in [1.54, 1.807) is 31.4 Å². The van der Waals surface area contributed by atoms with Crippen LogP contribution in [0, 0.1) is 0 Å². The van der Waals surface area contributed by atoms with E-state index in [1.165, 1.54) is 0 Å². The molecule has 0 aliphatic heterocycles. The molecule has 0 spiro atoms. The number of carbonyl (C=O) groups excluding carboxylic acids is 1. The number of methoxy groups -OCH3 is 1. The number of amides is 1. The monoisotopic (exact) mass is 464 g/mol. The molecule has 0 saturated heterocycles. The molecule has 1 atom stereocenters. The Balaban J connectivity index is 1.69. The van der Waals surface area contributed by atoms with Gasteiger partial charge in [0, 0.05) is 22.7 Å². The molecule has 4 rings (SSSR count). The van der Waals surface area contributed by atoms with Crippen molar-refractivity contribution in [3.05, 3.63) is 84.1 Å². The summed E-state index contributed by atoms with van der Waals surface area (Å²) in [4.78, 5) is 13.3. The maximum absolute atomic E-state index is 13.3. The van der Waals surface area contributed by atoms with Crippen LogP contribution in [0.4, 0.5) is 5.69 Å². The molecule has 0 bridgehead atoms. The Morgan fingerprint density at radius 3 is 2.45 bits per heavy atom. The lowest BCUT2D eigenvalue weighted by Crippen LogP contribution is -2.26. The summed E-state index contributed by atoms with van der Waals surface area (Å²) in [7, 11) is -1.83. The SMILES string of the molecule is COc1ccc2c(-c3ccccc3)c(C(=O)NC(C)c3cccc(NS(C)(=O)=O)c3)oc2c1. The Labute approximate surface area is 192 Å². The summed E-state index contributed by atoms with van der Waals surface area (Å²) in [6.45, 7) is 1.82. The van der Waals surface area contributed by atoms with Crippen LogP contribution in [0.2, 0.25) is 0 Å². The number of sulfonamides is 1.